The molecule has 24 heavy (non-hydrogen) atoms. The molecule has 2 aliphatic rings. The lowest BCUT2D eigenvalue weighted by Gasteiger charge is -2.41. The second-order valence-electron chi connectivity index (χ2n) is 7.13. The second kappa shape index (κ2) is 6.75. The molecule has 2 heterocycles. The molecule has 0 N–H and O–H groups in total. The molecule has 1 aromatic heterocycles. The number of likely N-dealkylation sites (tertiary alicyclic amines) is 1. The van der Waals surface area contributed by atoms with E-state index in [1.165, 1.54) is 38.4 Å². The van der Waals surface area contributed by atoms with Crippen molar-refractivity contribution < 1.29 is 4.79 Å². The second-order valence-corrected chi connectivity index (χ2v) is 7.13. The van der Waals surface area contributed by atoms with Crippen LogP contribution >= 0.6 is 0 Å². The van der Waals surface area contributed by atoms with Gasteiger partial charge in [0.1, 0.15) is 12.7 Å². The molecule has 2 aromatic rings. The van der Waals surface area contributed by atoms with Crippen LogP contribution in [0.1, 0.15) is 48.0 Å². The van der Waals surface area contributed by atoms with Gasteiger partial charge in [-0.15, -0.1) is 0 Å². The standard InChI is InChI=1S/C19H24N4O/c24-19(22-10-9-16-3-1-2-4-18(16)12-22)17-7-5-15(6-8-17)11-23-14-20-13-21-23/h5-8,13-14,16,18H,1-4,9-12H2/t16-,18+/m0/s1. The largest absolute Gasteiger partial charge is 0.338 e. The Kier molecular flexibility index (Phi) is 4.32. The van der Waals surface area contributed by atoms with Crippen molar-refractivity contribution in [2.45, 2.75) is 38.6 Å². The van der Waals surface area contributed by atoms with E-state index < -0.39 is 0 Å². The summed E-state index contributed by atoms with van der Waals surface area (Å²) >= 11 is 0. The maximum Gasteiger partial charge on any atom is 0.253 e. The quantitative estimate of drug-likeness (QED) is 0.872. The molecule has 0 radical (unpaired) electrons. The Labute approximate surface area is 142 Å². The minimum absolute atomic E-state index is 0.186. The molecule has 5 heteroatoms. The van der Waals surface area contributed by atoms with Gasteiger partial charge < -0.3 is 4.90 Å². The summed E-state index contributed by atoms with van der Waals surface area (Å²) in [6.07, 6.45) is 9.79. The van der Waals surface area contributed by atoms with Gasteiger partial charge in [-0.2, -0.15) is 5.10 Å². The van der Waals surface area contributed by atoms with Gasteiger partial charge >= 0.3 is 0 Å². The number of piperidine rings is 1. The predicted molar refractivity (Wildman–Crippen MR) is 91.5 cm³/mol. The number of fused-ring (bicyclic) bond motifs is 1. The van der Waals surface area contributed by atoms with Crippen LogP contribution in [-0.2, 0) is 6.54 Å². The number of hydrogen-bond donors (Lipinski definition) is 0. The number of nitrogens with zero attached hydrogens (tertiary/aromatic N) is 4. The minimum Gasteiger partial charge on any atom is -0.338 e. The zero-order valence-corrected chi connectivity index (χ0v) is 14.0. The third kappa shape index (κ3) is 3.21. The van der Waals surface area contributed by atoms with Crippen molar-refractivity contribution in [1.82, 2.24) is 19.7 Å². The number of benzene rings is 1. The van der Waals surface area contributed by atoms with E-state index in [-0.39, 0.29) is 5.91 Å². The van der Waals surface area contributed by atoms with Crippen LogP contribution in [0.4, 0.5) is 0 Å². The van der Waals surface area contributed by atoms with E-state index in [4.69, 9.17) is 0 Å². The SMILES string of the molecule is O=C(c1ccc(Cn2cncn2)cc1)N1CC[C@@H]2CCCC[C@@H]2C1. The van der Waals surface area contributed by atoms with Gasteiger partial charge in [0, 0.05) is 18.7 Å². The fourth-order valence-corrected chi connectivity index (χ4v) is 4.22. The Morgan fingerprint density at radius 2 is 1.88 bits per heavy atom. The highest BCUT2D eigenvalue weighted by Gasteiger charge is 2.33. The van der Waals surface area contributed by atoms with Crippen molar-refractivity contribution in [3.05, 3.63) is 48.0 Å². The zero-order valence-electron chi connectivity index (χ0n) is 14.0. The van der Waals surface area contributed by atoms with Crippen molar-refractivity contribution in [3.63, 3.8) is 0 Å². The van der Waals surface area contributed by atoms with Crippen LogP contribution in [0.25, 0.3) is 0 Å². The maximum atomic E-state index is 12.8. The van der Waals surface area contributed by atoms with E-state index in [0.717, 1.165) is 36.1 Å². The number of hydrogen-bond acceptors (Lipinski definition) is 3. The molecule has 4 rings (SSSR count). The van der Waals surface area contributed by atoms with Gasteiger partial charge in [0.25, 0.3) is 5.91 Å². The van der Waals surface area contributed by atoms with Crippen LogP contribution in [0, 0.1) is 11.8 Å². The van der Waals surface area contributed by atoms with Gasteiger partial charge in [-0.3, -0.25) is 4.79 Å². The normalized spacial score (nSPS) is 23.8. The first-order valence-corrected chi connectivity index (χ1v) is 9.00. The highest BCUT2D eigenvalue weighted by Crippen LogP contribution is 2.36. The molecule has 2 atom stereocenters. The summed E-state index contributed by atoms with van der Waals surface area (Å²) < 4.78 is 1.78. The Balaban J connectivity index is 1.40. The highest BCUT2D eigenvalue weighted by molar-refractivity contribution is 5.94. The van der Waals surface area contributed by atoms with Crippen LogP contribution in [0.2, 0.25) is 0 Å². The van der Waals surface area contributed by atoms with Crippen LogP contribution in [-0.4, -0.2) is 38.7 Å². The molecule has 2 fully saturated rings. The van der Waals surface area contributed by atoms with E-state index in [2.05, 4.69) is 15.0 Å². The highest BCUT2D eigenvalue weighted by atomic mass is 16.2. The van der Waals surface area contributed by atoms with E-state index in [0.29, 0.717) is 6.54 Å². The summed E-state index contributed by atoms with van der Waals surface area (Å²) in [5, 5.41) is 4.11. The number of carbonyl (C=O) groups is 1. The molecule has 1 aliphatic carbocycles. The Hall–Kier alpha value is -2.17. The number of amides is 1. The monoisotopic (exact) mass is 324 g/mol. The van der Waals surface area contributed by atoms with E-state index in [1.807, 2.05) is 24.3 Å². The van der Waals surface area contributed by atoms with Gasteiger partial charge in [-0.1, -0.05) is 31.4 Å². The van der Waals surface area contributed by atoms with Gasteiger partial charge in [-0.05, 0) is 42.4 Å². The maximum absolute atomic E-state index is 12.8. The van der Waals surface area contributed by atoms with Crippen molar-refractivity contribution >= 4 is 5.91 Å². The lowest BCUT2D eigenvalue weighted by Crippen LogP contribution is -2.44. The lowest BCUT2D eigenvalue weighted by atomic mass is 9.75. The lowest BCUT2D eigenvalue weighted by molar-refractivity contribution is 0.0521. The number of rotatable bonds is 3. The van der Waals surface area contributed by atoms with Crippen LogP contribution in [0.3, 0.4) is 0 Å². The summed E-state index contributed by atoms with van der Waals surface area (Å²) in [5.41, 5.74) is 1.93. The molecule has 1 saturated heterocycles. The summed E-state index contributed by atoms with van der Waals surface area (Å²) in [5.74, 6) is 1.77. The van der Waals surface area contributed by atoms with Crippen LogP contribution in [0.15, 0.2) is 36.9 Å². The summed E-state index contributed by atoms with van der Waals surface area (Å²) in [4.78, 5) is 18.8. The molecule has 1 aromatic carbocycles. The summed E-state index contributed by atoms with van der Waals surface area (Å²) in [6, 6.07) is 7.92. The Bertz CT molecular complexity index is 680. The number of carbonyl (C=O) groups excluding carboxylic acids is 1. The first-order chi connectivity index (χ1) is 11.8. The summed E-state index contributed by atoms with van der Waals surface area (Å²) in [6.45, 7) is 2.55. The molecule has 0 spiro atoms. The number of aromatic nitrogens is 3. The molecular weight excluding hydrogens is 300 g/mol. The average Bonchev–Trinajstić information content (AvgIpc) is 3.14. The van der Waals surface area contributed by atoms with Crippen molar-refractivity contribution in [2.75, 3.05) is 13.1 Å². The minimum atomic E-state index is 0.186. The van der Waals surface area contributed by atoms with E-state index >= 15 is 0 Å². The molecule has 1 saturated carbocycles. The first kappa shape index (κ1) is 15.4. The topological polar surface area (TPSA) is 51.0 Å². The Morgan fingerprint density at radius 3 is 2.62 bits per heavy atom. The smallest absolute Gasteiger partial charge is 0.253 e. The third-order valence-corrected chi connectivity index (χ3v) is 5.59. The molecule has 5 nitrogen and oxygen atoms in total. The van der Waals surface area contributed by atoms with Crippen LogP contribution in [0.5, 0.6) is 0 Å². The predicted octanol–water partition coefficient (Wildman–Crippen LogP) is 2.98. The molecular formula is C19H24N4O. The molecule has 1 aliphatic heterocycles. The fraction of sp³-hybridized carbons (Fsp3) is 0.526. The molecule has 1 amide bonds. The van der Waals surface area contributed by atoms with E-state index in [9.17, 15) is 4.79 Å². The van der Waals surface area contributed by atoms with Gasteiger partial charge in [0.2, 0.25) is 0 Å². The van der Waals surface area contributed by atoms with Crippen LogP contribution < -0.4 is 0 Å². The average molecular weight is 324 g/mol. The van der Waals surface area contributed by atoms with Crippen molar-refractivity contribution in [1.29, 1.82) is 0 Å². The van der Waals surface area contributed by atoms with E-state index in [1.54, 1.807) is 11.0 Å². The first-order valence-electron chi connectivity index (χ1n) is 9.00. The Morgan fingerprint density at radius 1 is 1.08 bits per heavy atom. The molecule has 126 valence electrons. The fourth-order valence-electron chi connectivity index (χ4n) is 4.22. The zero-order chi connectivity index (χ0) is 16.4. The van der Waals surface area contributed by atoms with Gasteiger partial charge in [-0.25, -0.2) is 9.67 Å². The van der Waals surface area contributed by atoms with Gasteiger partial charge in [0.05, 0.1) is 6.54 Å². The van der Waals surface area contributed by atoms with Crippen molar-refractivity contribution in [2.24, 2.45) is 11.8 Å². The molecule has 0 bridgehead atoms. The van der Waals surface area contributed by atoms with Gasteiger partial charge in [0.15, 0.2) is 0 Å². The van der Waals surface area contributed by atoms with Crippen molar-refractivity contribution in [3.8, 4) is 0 Å². The summed E-state index contributed by atoms with van der Waals surface area (Å²) in [7, 11) is 0. The third-order valence-electron chi connectivity index (χ3n) is 5.59. The molecule has 0 unspecified atom stereocenters.